The van der Waals surface area contributed by atoms with E-state index in [2.05, 4.69) is 5.32 Å². The van der Waals surface area contributed by atoms with Crippen molar-refractivity contribution in [2.45, 2.75) is 19.4 Å². The van der Waals surface area contributed by atoms with Gasteiger partial charge in [0.15, 0.2) is 9.84 Å². The average Bonchev–Trinajstić information content (AvgIpc) is 2.92. The van der Waals surface area contributed by atoms with Gasteiger partial charge in [0.25, 0.3) is 0 Å². The highest BCUT2D eigenvalue weighted by atomic mass is 32.2. The second-order valence-electron chi connectivity index (χ2n) is 6.47. The van der Waals surface area contributed by atoms with Crippen LogP contribution in [-0.2, 0) is 21.2 Å². The molecule has 1 unspecified atom stereocenters. The summed E-state index contributed by atoms with van der Waals surface area (Å²) < 4.78 is 41.7. The van der Waals surface area contributed by atoms with Crippen molar-refractivity contribution in [1.82, 2.24) is 0 Å². The number of carbonyl (C=O) groups is 1. The summed E-state index contributed by atoms with van der Waals surface area (Å²) in [4.78, 5) is 12.1. The Morgan fingerprint density at radius 2 is 2.00 bits per heavy atom. The zero-order valence-corrected chi connectivity index (χ0v) is 15.0. The molecule has 2 aromatic carbocycles. The molecule has 1 atom stereocenters. The van der Waals surface area contributed by atoms with Gasteiger partial charge in [0.1, 0.15) is 18.2 Å². The van der Waals surface area contributed by atoms with E-state index in [1.165, 1.54) is 12.1 Å². The lowest BCUT2D eigenvalue weighted by molar-refractivity contribution is -0.116. The van der Waals surface area contributed by atoms with E-state index in [-0.39, 0.29) is 42.2 Å². The van der Waals surface area contributed by atoms with Gasteiger partial charge in [-0.3, -0.25) is 4.79 Å². The summed E-state index contributed by atoms with van der Waals surface area (Å²) in [7, 11) is -2.98. The van der Waals surface area contributed by atoms with Crippen molar-refractivity contribution in [3.05, 3.63) is 59.9 Å². The first-order valence-electron chi connectivity index (χ1n) is 8.37. The van der Waals surface area contributed by atoms with Crippen LogP contribution in [0, 0.1) is 11.7 Å². The van der Waals surface area contributed by atoms with E-state index in [0.29, 0.717) is 23.4 Å². The zero-order valence-electron chi connectivity index (χ0n) is 14.2. The fraction of sp³-hybridized carbons (Fsp3) is 0.316. The minimum Gasteiger partial charge on any atom is -0.489 e. The van der Waals surface area contributed by atoms with E-state index in [0.717, 1.165) is 0 Å². The minimum absolute atomic E-state index is 0.0806. The zero-order chi connectivity index (χ0) is 18.6. The Labute approximate surface area is 152 Å². The Morgan fingerprint density at radius 1 is 1.19 bits per heavy atom. The Kier molecular flexibility index (Phi) is 5.56. The Balaban J connectivity index is 1.54. The van der Waals surface area contributed by atoms with Gasteiger partial charge in [-0.1, -0.05) is 18.2 Å². The molecule has 138 valence electrons. The first-order chi connectivity index (χ1) is 12.4. The van der Waals surface area contributed by atoms with E-state index in [4.69, 9.17) is 4.74 Å². The van der Waals surface area contributed by atoms with Crippen molar-refractivity contribution < 1.29 is 22.3 Å². The molecule has 1 heterocycles. The van der Waals surface area contributed by atoms with Crippen LogP contribution < -0.4 is 10.1 Å². The summed E-state index contributed by atoms with van der Waals surface area (Å²) in [5, 5.41) is 2.77. The van der Waals surface area contributed by atoms with Crippen molar-refractivity contribution in [3.63, 3.8) is 0 Å². The minimum atomic E-state index is -2.98. The van der Waals surface area contributed by atoms with Gasteiger partial charge in [-0.2, -0.15) is 0 Å². The van der Waals surface area contributed by atoms with Crippen LogP contribution in [0.4, 0.5) is 10.1 Å². The van der Waals surface area contributed by atoms with Gasteiger partial charge in [0, 0.05) is 18.2 Å². The molecule has 0 saturated carbocycles. The number of benzene rings is 2. The molecule has 3 rings (SSSR count). The number of halogens is 1. The number of amides is 1. The van der Waals surface area contributed by atoms with Crippen LogP contribution in [0.1, 0.15) is 18.4 Å². The lowest BCUT2D eigenvalue weighted by atomic mass is 10.1. The molecule has 0 aliphatic carbocycles. The quantitative estimate of drug-likeness (QED) is 0.839. The normalized spacial score (nSPS) is 18.4. The Morgan fingerprint density at radius 3 is 2.73 bits per heavy atom. The molecule has 0 spiro atoms. The number of carbonyl (C=O) groups excluding carboxylic acids is 1. The number of hydrogen-bond acceptors (Lipinski definition) is 4. The number of rotatable bonds is 6. The molecule has 5 nitrogen and oxygen atoms in total. The molecule has 26 heavy (non-hydrogen) atoms. The molecule has 1 fully saturated rings. The molecule has 1 aliphatic rings. The fourth-order valence-corrected chi connectivity index (χ4v) is 4.83. The Bertz CT molecular complexity index is 898. The second-order valence-corrected chi connectivity index (χ2v) is 8.70. The molecule has 1 saturated heterocycles. The maximum atomic E-state index is 13.2. The third-order valence-electron chi connectivity index (χ3n) is 4.21. The van der Waals surface area contributed by atoms with Gasteiger partial charge in [0.2, 0.25) is 5.91 Å². The van der Waals surface area contributed by atoms with Crippen molar-refractivity contribution in [2.24, 2.45) is 5.92 Å². The molecule has 0 radical (unpaired) electrons. The summed E-state index contributed by atoms with van der Waals surface area (Å²) in [6, 6.07) is 13.1. The summed E-state index contributed by atoms with van der Waals surface area (Å²) in [6.07, 6.45) is 0.722. The van der Waals surface area contributed by atoms with Crippen molar-refractivity contribution in [1.29, 1.82) is 0 Å². The van der Waals surface area contributed by atoms with Gasteiger partial charge in [-0.25, -0.2) is 12.8 Å². The number of nitrogens with one attached hydrogen (secondary N) is 1. The smallest absolute Gasteiger partial charge is 0.224 e. The Hall–Kier alpha value is -2.41. The van der Waals surface area contributed by atoms with E-state index >= 15 is 0 Å². The molecule has 2 aromatic rings. The number of sulfone groups is 1. The van der Waals surface area contributed by atoms with Gasteiger partial charge in [-0.15, -0.1) is 0 Å². The topological polar surface area (TPSA) is 72.5 Å². The van der Waals surface area contributed by atoms with E-state index in [1.54, 1.807) is 36.4 Å². The number of hydrogen-bond donors (Lipinski definition) is 1. The summed E-state index contributed by atoms with van der Waals surface area (Å²) in [5.41, 5.74) is 1.29. The largest absolute Gasteiger partial charge is 0.489 e. The third-order valence-corrected chi connectivity index (χ3v) is 6.05. The summed E-state index contributed by atoms with van der Waals surface area (Å²) >= 11 is 0. The van der Waals surface area contributed by atoms with Gasteiger partial charge in [-0.05, 0) is 42.2 Å². The first-order valence-corrected chi connectivity index (χ1v) is 10.2. The average molecular weight is 377 g/mol. The molecule has 1 N–H and O–H groups in total. The fourth-order valence-electron chi connectivity index (χ4n) is 2.96. The van der Waals surface area contributed by atoms with E-state index < -0.39 is 9.84 Å². The van der Waals surface area contributed by atoms with Crippen LogP contribution in [0.15, 0.2) is 48.5 Å². The summed E-state index contributed by atoms with van der Waals surface area (Å²) in [5.74, 6) is 0.143. The van der Waals surface area contributed by atoms with Crippen LogP contribution in [-0.4, -0.2) is 25.8 Å². The summed E-state index contributed by atoms with van der Waals surface area (Å²) in [6.45, 7) is 0.217. The van der Waals surface area contributed by atoms with Crippen LogP contribution in [0.25, 0.3) is 0 Å². The highest BCUT2D eigenvalue weighted by Crippen LogP contribution is 2.23. The standard InChI is InChI=1S/C19H20FNO4S/c20-16-4-1-3-14(9-16)12-25-18-6-2-5-17(11-18)21-19(22)10-15-7-8-26(23,24)13-15/h1-6,9,11,15H,7-8,10,12-13H2,(H,21,22). The monoisotopic (exact) mass is 377 g/mol. The third kappa shape index (κ3) is 5.29. The second kappa shape index (κ2) is 7.86. The maximum absolute atomic E-state index is 13.2. The molecule has 0 bridgehead atoms. The van der Waals surface area contributed by atoms with Crippen LogP contribution in [0.2, 0.25) is 0 Å². The molecule has 1 amide bonds. The van der Waals surface area contributed by atoms with E-state index in [9.17, 15) is 17.6 Å². The van der Waals surface area contributed by atoms with Crippen molar-refractivity contribution in [2.75, 3.05) is 16.8 Å². The SMILES string of the molecule is O=C(CC1CCS(=O)(=O)C1)Nc1cccc(OCc2cccc(F)c2)c1. The highest BCUT2D eigenvalue weighted by molar-refractivity contribution is 7.91. The predicted molar refractivity (Wildman–Crippen MR) is 97.2 cm³/mol. The maximum Gasteiger partial charge on any atom is 0.224 e. The lowest BCUT2D eigenvalue weighted by Gasteiger charge is -2.11. The van der Waals surface area contributed by atoms with Gasteiger partial charge in [0.05, 0.1) is 11.5 Å². The first kappa shape index (κ1) is 18.4. The lowest BCUT2D eigenvalue weighted by Crippen LogP contribution is -2.17. The van der Waals surface area contributed by atoms with Crippen molar-refractivity contribution >= 4 is 21.4 Å². The highest BCUT2D eigenvalue weighted by Gasteiger charge is 2.29. The molecular formula is C19H20FNO4S. The number of anilines is 1. The van der Waals surface area contributed by atoms with Crippen LogP contribution in [0.5, 0.6) is 5.75 Å². The molecule has 0 aromatic heterocycles. The van der Waals surface area contributed by atoms with Crippen LogP contribution in [0.3, 0.4) is 0 Å². The van der Waals surface area contributed by atoms with Crippen molar-refractivity contribution in [3.8, 4) is 5.75 Å². The number of ether oxygens (including phenoxy) is 1. The molecule has 7 heteroatoms. The van der Waals surface area contributed by atoms with Gasteiger partial charge >= 0.3 is 0 Å². The van der Waals surface area contributed by atoms with Gasteiger partial charge < -0.3 is 10.1 Å². The van der Waals surface area contributed by atoms with E-state index in [1.807, 2.05) is 0 Å². The molecule has 1 aliphatic heterocycles. The van der Waals surface area contributed by atoms with Crippen LogP contribution >= 0.6 is 0 Å². The predicted octanol–water partition coefficient (Wildman–Crippen LogP) is 3.17. The molecular weight excluding hydrogens is 357 g/mol.